The van der Waals surface area contributed by atoms with E-state index in [1.54, 1.807) is 0 Å². The summed E-state index contributed by atoms with van der Waals surface area (Å²) in [7, 11) is 1.39. The molecule has 0 aliphatic heterocycles. The van der Waals surface area contributed by atoms with Crippen molar-refractivity contribution in [2.45, 2.75) is 12.5 Å². The highest BCUT2D eigenvalue weighted by Crippen LogP contribution is 2.22. The lowest BCUT2D eigenvalue weighted by atomic mass is 10.1. The number of rotatable bonds is 6. The maximum Gasteiger partial charge on any atom is 0.317 e. The zero-order chi connectivity index (χ0) is 12.8. The van der Waals surface area contributed by atoms with E-state index in [0.717, 1.165) is 0 Å². The third-order valence-electron chi connectivity index (χ3n) is 2.05. The van der Waals surface area contributed by atoms with Gasteiger partial charge in [0.25, 0.3) is 6.43 Å². The van der Waals surface area contributed by atoms with E-state index in [9.17, 15) is 13.6 Å². The van der Waals surface area contributed by atoms with Gasteiger partial charge in [0.1, 0.15) is 5.75 Å². The lowest BCUT2D eigenvalue weighted by Gasteiger charge is -2.17. The Bertz CT molecular complexity index is 388. The van der Waals surface area contributed by atoms with Crippen LogP contribution in [0.15, 0.2) is 18.5 Å². The van der Waals surface area contributed by atoms with Crippen molar-refractivity contribution in [3.05, 3.63) is 24.0 Å². The average molecular weight is 246 g/mol. The number of methoxy groups -OCH3 is 1. The van der Waals surface area contributed by atoms with Gasteiger partial charge in [0.15, 0.2) is 0 Å². The smallest absolute Gasteiger partial charge is 0.317 e. The van der Waals surface area contributed by atoms with Crippen molar-refractivity contribution in [3.8, 4) is 5.75 Å². The second-order valence-electron chi connectivity index (χ2n) is 3.24. The number of hydrogen-bond acceptors (Lipinski definition) is 4. The van der Waals surface area contributed by atoms with Crippen LogP contribution in [0.4, 0.5) is 8.78 Å². The molecule has 0 unspecified atom stereocenters. The maximum atomic E-state index is 12.7. The standard InChI is InChI=1S/C10H12F2N2O3/c1-17-7-2-6(3-13-4-7)9(10(11)12)14-5-8(15)16/h2-4,9-10,14H,5H2,1H3,(H,15,16)/t9-/m1/s1. The Balaban J connectivity index is 2.84. The molecule has 5 nitrogen and oxygen atoms in total. The van der Waals surface area contributed by atoms with Crippen LogP contribution in [0, 0.1) is 0 Å². The number of hydrogen-bond donors (Lipinski definition) is 2. The van der Waals surface area contributed by atoms with Crippen molar-refractivity contribution in [1.82, 2.24) is 10.3 Å². The van der Waals surface area contributed by atoms with Crippen LogP contribution in [0.2, 0.25) is 0 Å². The summed E-state index contributed by atoms with van der Waals surface area (Å²) in [6.07, 6.45) is -0.111. The summed E-state index contributed by atoms with van der Waals surface area (Å²) in [6.45, 7) is -0.549. The van der Waals surface area contributed by atoms with Crippen molar-refractivity contribution in [2.75, 3.05) is 13.7 Å². The van der Waals surface area contributed by atoms with Gasteiger partial charge in [-0.25, -0.2) is 8.78 Å². The van der Waals surface area contributed by atoms with Gasteiger partial charge in [0, 0.05) is 6.20 Å². The predicted molar refractivity (Wildman–Crippen MR) is 55.2 cm³/mol. The molecule has 1 heterocycles. The van der Waals surface area contributed by atoms with Crippen LogP contribution < -0.4 is 10.1 Å². The molecule has 0 aliphatic rings. The molecule has 0 radical (unpaired) electrons. The average Bonchev–Trinajstić information content (AvgIpc) is 2.28. The van der Waals surface area contributed by atoms with Crippen molar-refractivity contribution in [2.24, 2.45) is 0 Å². The summed E-state index contributed by atoms with van der Waals surface area (Å²) in [5.74, 6) is -0.864. The molecule has 0 bridgehead atoms. The summed E-state index contributed by atoms with van der Waals surface area (Å²) in [6, 6.07) is 0.00674. The number of carboxylic acids is 1. The summed E-state index contributed by atoms with van der Waals surface area (Å²) in [5.41, 5.74) is 0.181. The minimum absolute atomic E-state index is 0.181. The number of aromatic nitrogens is 1. The summed E-state index contributed by atoms with van der Waals surface area (Å²) in [5, 5.41) is 10.7. The van der Waals surface area contributed by atoms with E-state index in [1.165, 1.54) is 25.6 Å². The first kappa shape index (κ1) is 13.3. The van der Waals surface area contributed by atoms with E-state index in [1.807, 2.05) is 0 Å². The highest BCUT2D eigenvalue weighted by Gasteiger charge is 2.23. The monoisotopic (exact) mass is 246 g/mol. The first-order valence-corrected chi connectivity index (χ1v) is 4.77. The Labute approximate surface area is 96.4 Å². The van der Waals surface area contributed by atoms with E-state index < -0.39 is 25.0 Å². The Kier molecular flexibility index (Phi) is 4.77. The van der Waals surface area contributed by atoms with Crippen molar-refractivity contribution in [3.63, 3.8) is 0 Å². The zero-order valence-corrected chi connectivity index (χ0v) is 9.06. The molecule has 0 saturated carbocycles. The first-order valence-electron chi connectivity index (χ1n) is 4.77. The second-order valence-corrected chi connectivity index (χ2v) is 3.24. The molecule has 1 atom stereocenters. The van der Waals surface area contributed by atoms with Gasteiger partial charge in [-0.05, 0) is 11.6 Å². The number of nitrogens with zero attached hydrogens (tertiary/aromatic N) is 1. The zero-order valence-electron chi connectivity index (χ0n) is 9.06. The van der Waals surface area contributed by atoms with E-state index in [0.29, 0.717) is 5.75 Å². The van der Waals surface area contributed by atoms with E-state index in [-0.39, 0.29) is 5.56 Å². The number of halogens is 2. The molecule has 0 aromatic carbocycles. The molecular formula is C10H12F2N2O3. The van der Waals surface area contributed by atoms with Gasteiger partial charge in [-0.3, -0.25) is 15.1 Å². The molecule has 0 fully saturated rings. The van der Waals surface area contributed by atoms with Gasteiger partial charge in [-0.15, -0.1) is 0 Å². The number of pyridine rings is 1. The molecule has 1 aromatic heterocycles. The van der Waals surface area contributed by atoms with E-state index in [2.05, 4.69) is 10.3 Å². The van der Waals surface area contributed by atoms with Gasteiger partial charge in [-0.2, -0.15) is 0 Å². The van der Waals surface area contributed by atoms with Crippen LogP contribution in [0.1, 0.15) is 11.6 Å². The Morgan fingerprint density at radius 1 is 1.59 bits per heavy atom. The summed E-state index contributed by atoms with van der Waals surface area (Å²) in [4.78, 5) is 14.1. The van der Waals surface area contributed by atoms with Crippen LogP contribution in [0.3, 0.4) is 0 Å². The molecule has 0 spiro atoms. The largest absolute Gasteiger partial charge is 0.495 e. The lowest BCUT2D eigenvalue weighted by molar-refractivity contribution is -0.136. The number of alkyl halides is 2. The first-order chi connectivity index (χ1) is 8.04. The van der Waals surface area contributed by atoms with Crippen LogP contribution in [0.25, 0.3) is 0 Å². The molecular weight excluding hydrogens is 234 g/mol. The fraction of sp³-hybridized carbons (Fsp3) is 0.400. The molecule has 94 valence electrons. The van der Waals surface area contributed by atoms with Gasteiger partial charge >= 0.3 is 5.97 Å². The number of aliphatic carboxylic acids is 1. The van der Waals surface area contributed by atoms with Crippen molar-refractivity contribution in [1.29, 1.82) is 0 Å². The van der Waals surface area contributed by atoms with E-state index in [4.69, 9.17) is 9.84 Å². The third-order valence-corrected chi connectivity index (χ3v) is 2.05. The normalized spacial score (nSPS) is 12.5. The summed E-state index contributed by atoms with van der Waals surface area (Å²) < 4.78 is 30.4. The van der Waals surface area contributed by atoms with Gasteiger partial charge in [0.05, 0.1) is 25.9 Å². The minimum atomic E-state index is -2.73. The SMILES string of the molecule is COc1cncc([C@@H](NCC(=O)O)C(F)F)c1. The Morgan fingerprint density at radius 2 is 2.29 bits per heavy atom. The topological polar surface area (TPSA) is 71.5 Å². The highest BCUT2D eigenvalue weighted by molar-refractivity contribution is 5.69. The second kappa shape index (κ2) is 6.09. The fourth-order valence-electron chi connectivity index (χ4n) is 1.27. The quantitative estimate of drug-likeness (QED) is 0.785. The lowest BCUT2D eigenvalue weighted by Crippen LogP contribution is -2.31. The van der Waals surface area contributed by atoms with Gasteiger partial charge in [0.2, 0.25) is 0 Å². The van der Waals surface area contributed by atoms with Crippen LogP contribution in [0.5, 0.6) is 5.75 Å². The Morgan fingerprint density at radius 3 is 2.82 bits per heavy atom. The number of carboxylic acid groups (broad SMARTS) is 1. The fourth-order valence-corrected chi connectivity index (χ4v) is 1.27. The van der Waals surface area contributed by atoms with Crippen molar-refractivity contribution < 1.29 is 23.4 Å². The molecule has 1 rings (SSSR count). The van der Waals surface area contributed by atoms with Gasteiger partial charge in [-0.1, -0.05) is 0 Å². The number of ether oxygens (including phenoxy) is 1. The van der Waals surface area contributed by atoms with Crippen LogP contribution in [-0.4, -0.2) is 36.1 Å². The molecule has 2 N–H and O–H groups in total. The summed E-state index contributed by atoms with van der Waals surface area (Å²) >= 11 is 0. The molecule has 1 aromatic rings. The van der Waals surface area contributed by atoms with Crippen LogP contribution in [-0.2, 0) is 4.79 Å². The van der Waals surface area contributed by atoms with E-state index >= 15 is 0 Å². The minimum Gasteiger partial charge on any atom is -0.495 e. The highest BCUT2D eigenvalue weighted by atomic mass is 19.3. The van der Waals surface area contributed by atoms with Crippen LogP contribution >= 0.6 is 0 Å². The number of nitrogens with one attached hydrogen (secondary N) is 1. The third kappa shape index (κ3) is 3.95. The number of carbonyl (C=O) groups is 1. The van der Waals surface area contributed by atoms with Crippen molar-refractivity contribution >= 4 is 5.97 Å². The molecule has 17 heavy (non-hydrogen) atoms. The Hall–Kier alpha value is -1.76. The predicted octanol–water partition coefficient (Wildman–Crippen LogP) is 1.07. The molecule has 7 heteroatoms. The molecule has 0 amide bonds. The van der Waals surface area contributed by atoms with Gasteiger partial charge < -0.3 is 9.84 Å². The molecule has 0 aliphatic carbocycles. The molecule has 0 saturated heterocycles. The maximum absolute atomic E-state index is 12.7.